The fraction of sp³-hybridized carbons (Fsp3) is 0.429. The van der Waals surface area contributed by atoms with Crippen molar-refractivity contribution in [2.45, 2.75) is 33.7 Å². The molecule has 2 unspecified atom stereocenters. The second-order valence-corrected chi connectivity index (χ2v) is 5.86. The lowest BCUT2D eigenvalue weighted by Crippen LogP contribution is -2.34. The molecule has 2 heterocycles. The second kappa shape index (κ2) is 5.76. The van der Waals surface area contributed by atoms with E-state index in [0.717, 1.165) is 22.8 Å². The summed E-state index contributed by atoms with van der Waals surface area (Å²) in [5.74, 6) is 1.32. The molecule has 2 rings (SSSR count). The third kappa shape index (κ3) is 3.08. The lowest BCUT2D eigenvalue weighted by molar-refractivity contribution is -0.119. The van der Waals surface area contributed by atoms with Crippen LogP contribution >= 0.6 is 11.3 Å². The predicted molar refractivity (Wildman–Crippen MR) is 80.7 cm³/mol. The van der Waals surface area contributed by atoms with Gasteiger partial charge in [0.25, 0.3) is 0 Å². The molecule has 0 fully saturated rings. The van der Waals surface area contributed by atoms with Crippen LogP contribution in [-0.4, -0.2) is 16.9 Å². The van der Waals surface area contributed by atoms with E-state index < -0.39 is 0 Å². The topological polar surface area (TPSA) is 81.2 Å². The fourth-order valence-corrected chi connectivity index (χ4v) is 2.51. The monoisotopic (exact) mass is 293 g/mol. The van der Waals surface area contributed by atoms with Crippen LogP contribution in [-0.2, 0) is 4.79 Å². The van der Waals surface area contributed by atoms with Gasteiger partial charge in [0.05, 0.1) is 11.6 Å². The van der Waals surface area contributed by atoms with Crippen LogP contribution in [0.4, 0.5) is 5.13 Å². The number of rotatable bonds is 4. The number of furan rings is 1. The summed E-state index contributed by atoms with van der Waals surface area (Å²) in [6, 6.07) is 1.76. The minimum Gasteiger partial charge on any atom is -0.466 e. The van der Waals surface area contributed by atoms with E-state index in [4.69, 9.17) is 10.2 Å². The number of aromatic nitrogens is 1. The van der Waals surface area contributed by atoms with Crippen LogP contribution in [0.3, 0.4) is 0 Å². The first kappa shape index (κ1) is 14.7. The number of aryl methyl sites for hydroxylation is 2. The largest absolute Gasteiger partial charge is 0.466 e. The van der Waals surface area contributed by atoms with Gasteiger partial charge in [-0.3, -0.25) is 4.79 Å². The Morgan fingerprint density at radius 1 is 1.45 bits per heavy atom. The SMILES string of the molecule is Cc1cc(-c2csc(NC(=O)C(C)C(C)N)n2)c(C)o1. The Labute approximate surface area is 122 Å². The van der Waals surface area contributed by atoms with E-state index in [0.29, 0.717) is 5.13 Å². The molecule has 20 heavy (non-hydrogen) atoms. The van der Waals surface area contributed by atoms with Crippen molar-refractivity contribution < 1.29 is 9.21 Å². The van der Waals surface area contributed by atoms with Crippen molar-refractivity contribution in [3.8, 4) is 11.3 Å². The summed E-state index contributed by atoms with van der Waals surface area (Å²) in [7, 11) is 0. The molecule has 0 spiro atoms. The highest BCUT2D eigenvalue weighted by Crippen LogP contribution is 2.29. The van der Waals surface area contributed by atoms with Crippen molar-refractivity contribution in [1.82, 2.24) is 4.98 Å². The molecule has 6 heteroatoms. The molecule has 5 nitrogen and oxygen atoms in total. The van der Waals surface area contributed by atoms with E-state index in [1.54, 1.807) is 6.92 Å². The van der Waals surface area contributed by atoms with Gasteiger partial charge >= 0.3 is 0 Å². The van der Waals surface area contributed by atoms with Gasteiger partial charge in [0.1, 0.15) is 11.5 Å². The maximum Gasteiger partial charge on any atom is 0.230 e. The highest BCUT2D eigenvalue weighted by atomic mass is 32.1. The zero-order valence-electron chi connectivity index (χ0n) is 12.1. The van der Waals surface area contributed by atoms with E-state index in [2.05, 4.69) is 10.3 Å². The number of hydrogen-bond donors (Lipinski definition) is 2. The highest BCUT2D eigenvalue weighted by molar-refractivity contribution is 7.14. The summed E-state index contributed by atoms with van der Waals surface area (Å²) < 4.78 is 5.49. The van der Waals surface area contributed by atoms with Crippen molar-refractivity contribution in [2.75, 3.05) is 5.32 Å². The average molecular weight is 293 g/mol. The van der Waals surface area contributed by atoms with E-state index in [9.17, 15) is 4.79 Å². The number of carbonyl (C=O) groups is 1. The van der Waals surface area contributed by atoms with Crippen molar-refractivity contribution in [2.24, 2.45) is 11.7 Å². The van der Waals surface area contributed by atoms with Gasteiger partial charge in [0.15, 0.2) is 5.13 Å². The highest BCUT2D eigenvalue weighted by Gasteiger charge is 2.19. The van der Waals surface area contributed by atoms with Gasteiger partial charge in [-0.2, -0.15) is 0 Å². The van der Waals surface area contributed by atoms with Crippen LogP contribution in [0, 0.1) is 19.8 Å². The normalized spacial score (nSPS) is 14.1. The average Bonchev–Trinajstić information content (AvgIpc) is 2.94. The Balaban J connectivity index is 2.14. The molecule has 0 saturated heterocycles. The number of thiazole rings is 1. The summed E-state index contributed by atoms with van der Waals surface area (Å²) in [5.41, 5.74) is 7.49. The molecule has 3 N–H and O–H groups in total. The summed E-state index contributed by atoms with van der Waals surface area (Å²) >= 11 is 1.39. The fourth-order valence-electron chi connectivity index (χ4n) is 1.80. The number of carbonyl (C=O) groups excluding carboxylic acids is 1. The molecule has 0 aliphatic heterocycles. The third-order valence-corrected chi connectivity index (χ3v) is 4.01. The van der Waals surface area contributed by atoms with Gasteiger partial charge in [-0.05, 0) is 26.8 Å². The van der Waals surface area contributed by atoms with Gasteiger partial charge in [0.2, 0.25) is 5.91 Å². The lowest BCUT2D eigenvalue weighted by Gasteiger charge is -2.13. The van der Waals surface area contributed by atoms with Crippen LogP contribution < -0.4 is 11.1 Å². The standard InChI is InChI=1S/C14H19N3O2S/c1-7-5-11(10(4)19-7)12-6-20-14(16-12)17-13(18)8(2)9(3)15/h5-6,8-9H,15H2,1-4H3,(H,16,17,18). The first-order valence-electron chi connectivity index (χ1n) is 6.48. The molecule has 2 atom stereocenters. The van der Waals surface area contributed by atoms with Crippen molar-refractivity contribution in [3.63, 3.8) is 0 Å². The number of nitrogens with one attached hydrogen (secondary N) is 1. The molecule has 0 saturated carbocycles. The first-order valence-corrected chi connectivity index (χ1v) is 7.36. The molecule has 108 valence electrons. The summed E-state index contributed by atoms with van der Waals surface area (Å²) in [6.07, 6.45) is 0. The Hall–Kier alpha value is -1.66. The number of anilines is 1. The lowest BCUT2D eigenvalue weighted by atomic mass is 10.0. The molecular weight excluding hydrogens is 274 g/mol. The summed E-state index contributed by atoms with van der Waals surface area (Å²) in [6.45, 7) is 7.42. The number of amides is 1. The summed E-state index contributed by atoms with van der Waals surface area (Å²) in [4.78, 5) is 16.3. The van der Waals surface area contributed by atoms with Crippen molar-refractivity contribution in [3.05, 3.63) is 23.0 Å². The number of hydrogen-bond acceptors (Lipinski definition) is 5. The molecule has 2 aromatic rings. The summed E-state index contributed by atoms with van der Waals surface area (Å²) in [5, 5.41) is 5.28. The van der Waals surface area contributed by atoms with E-state index in [1.807, 2.05) is 32.2 Å². The molecular formula is C14H19N3O2S. The minimum atomic E-state index is -0.250. The molecule has 1 amide bonds. The number of nitrogens with two attached hydrogens (primary N) is 1. The third-order valence-electron chi connectivity index (χ3n) is 3.25. The molecule has 0 aliphatic rings. The van der Waals surface area contributed by atoms with Crippen molar-refractivity contribution in [1.29, 1.82) is 0 Å². The van der Waals surface area contributed by atoms with Crippen LogP contribution in [0.25, 0.3) is 11.3 Å². The molecule has 0 aliphatic carbocycles. The van der Waals surface area contributed by atoms with Gasteiger partial charge in [-0.25, -0.2) is 4.98 Å². The predicted octanol–water partition coefficient (Wildman–Crippen LogP) is 2.94. The van der Waals surface area contributed by atoms with Gasteiger partial charge in [-0.15, -0.1) is 11.3 Å². The smallest absolute Gasteiger partial charge is 0.230 e. The van der Waals surface area contributed by atoms with Gasteiger partial charge in [-0.1, -0.05) is 6.92 Å². The van der Waals surface area contributed by atoms with E-state index >= 15 is 0 Å². The van der Waals surface area contributed by atoms with Crippen LogP contribution in [0.15, 0.2) is 15.9 Å². The van der Waals surface area contributed by atoms with E-state index in [-0.39, 0.29) is 17.9 Å². The quantitative estimate of drug-likeness (QED) is 0.908. The van der Waals surface area contributed by atoms with Gasteiger partial charge in [0, 0.05) is 17.0 Å². The number of nitrogens with zero attached hydrogens (tertiary/aromatic N) is 1. The molecule has 2 aromatic heterocycles. The van der Waals surface area contributed by atoms with Crippen LogP contribution in [0.2, 0.25) is 0 Å². The molecule has 0 radical (unpaired) electrons. The van der Waals surface area contributed by atoms with Crippen LogP contribution in [0.1, 0.15) is 25.4 Å². The van der Waals surface area contributed by atoms with E-state index in [1.165, 1.54) is 11.3 Å². The van der Waals surface area contributed by atoms with Crippen LogP contribution in [0.5, 0.6) is 0 Å². The van der Waals surface area contributed by atoms with Crippen molar-refractivity contribution >= 4 is 22.4 Å². The Morgan fingerprint density at radius 3 is 2.70 bits per heavy atom. The first-order chi connectivity index (χ1) is 9.38. The Morgan fingerprint density at radius 2 is 2.15 bits per heavy atom. The zero-order chi connectivity index (χ0) is 14.9. The molecule has 0 aromatic carbocycles. The Kier molecular flexibility index (Phi) is 4.25. The Bertz CT molecular complexity index is 616. The zero-order valence-corrected chi connectivity index (χ0v) is 12.9. The molecule has 0 bridgehead atoms. The maximum absolute atomic E-state index is 11.9. The minimum absolute atomic E-state index is 0.110. The second-order valence-electron chi connectivity index (χ2n) is 5.00. The van der Waals surface area contributed by atoms with Gasteiger partial charge < -0.3 is 15.5 Å². The maximum atomic E-state index is 11.9.